The minimum atomic E-state index is -3.99. The van der Waals surface area contributed by atoms with E-state index in [4.69, 9.17) is 0 Å². The Kier molecular flexibility index (Phi) is 12.4. The molecule has 0 heterocycles. The van der Waals surface area contributed by atoms with Crippen LogP contribution in [-0.2, 0) is 4.79 Å². The highest BCUT2D eigenvalue weighted by Crippen LogP contribution is 2.23. The molecule has 0 rings (SSSR count). The van der Waals surface area contributed by atoms with Crippen LogP contribution in [0.3, 0.4) is 0 Å². The summed E-state index contributed by atoms with van der Waals surface area (Å²) in [5.74, 6) is 0.925. The number of carbonyl (C=O) groups is 1. The highest BCUT2D eigenvalue weighted by Gasteiger charge is 2.25. The number of hydrogen-bond acceptors (Lipinski definition) is 2. The Bertz CT molecular complexity index is 242. The minimum Gasteiger partial charge on any atom is -0.288 e. The second kappa shape index (κ2) is 12.5. The Balaban J connectivity index is 3.05. The largest absolute Gasteiger partial charge is 0.389 e. The molecule has 5 heteroatoms. The third-order valence-electron chi connectivity index (χ3n) is 3.16. The first-order valence-electron chi connectivity index (χ1n) is 7.62. The van der Waals surface area contributed by atoms with E-state index in [0.717, 1.165) is 31.4 Å². The van der Waals surface area contributed by atoms with Gasteiger partial charge in [-0.25, -0.2) is 0 Å². The fourth-order valence-electron chi connectivity index (χ4n) is 2.06. The zero-order chi connectivity index (χ0) is 15.3. The summed E-state index contributed by atoms with van der Waals surface area (Å²) in [5.41, 5.74) is 0. The average Bonchev–Trinajstić information content (AvgIpc) is 2.33. The third kappa shape index (κ3) is 17.8. The fourth-order valence-corrected chi connectivity index (χ4v) is 2.69. The SMILES string of the molecule is CC(=O)SCCCCCCCCCCCCC(F)(F)F. The molecular formula is C15H27F3OS. The van der Waals surface area contributed by atoms with Crippen LogP contribution in [-0.4, -0.2) is 17.0 Å². The molecule has 0 saturated heterocycles. The smallest absolute Gasteiger partial charge is 0.288 e. The molecule has 0 aromatic rings. The quantitative estimate of drug-likeness (QED) is 0.404. The summed E-state index contributed by atoms with van der Waals surface area (Å²) in [4.78, 5) is 10.7. The second-order valence-corrected chi connectivity index (χ2v) is 6.51. The van der Waals surface area contributed by atoms with E-state index in [-0.39, 0.29) is 11.5 Å². The van der Waals surface area contributed by atoms with Crippen molar-refractivity contribution in [2.45, 2.75) is 83.7 Å². The molecule has 120 valence electrons. The third-order valence-corrected chi connectivity index (χ3v) is 4.06. The summed E-state index contributed by atoms with van der Waals surface area (Å²) in [7, 11) is 0. The summed E-state index contributed by atoms with van der Waals surface area (Å²) in [6.45, 7) is 1.60. The van der Waals surface area contributed by atoms with Gasteiger partial charge >= 0.3 is 6.18 Å². The van der Waals surface area contributed by atoms with Crippen LogP contribution < -0.4 is 0 Å². The molecule has 1 nitrogen and oxygen atoms in total. The monoisotopic (exact) mass is 312 g/mol. The molecule has 0 unspecified atom stereocenters. The van der Waals surface area contributed by atoms with Crippen molar-refractivity contribution in [3.8, 4) is 0 Å². The van der Waals surface area contributed by atoms with Gasteiger partial charge in [0.15, 0.2) is 5.12 Å². The molecule has 0 atom stereocenters. The number of alkyl halides is 3. The van der Waals surface area contributed by atoms with Crippen LogP contribution in [0, 0.1) is 0 Å². The number of hydrogen-bond donors (Lipinski definition) is 0. The average molecular weight is 312 g/mol. The predicted molar refractivity (Wildman–Crippen MR) is 80.0 cm³/mol. The zero-order valence-electron chi connectivity index (χ0n) is 12.4. The highest BCUT2D eigenvalue weighted by molar-refractivity contribution is 8.13. The Morgan fingerprint density at radius 1 is 0.800 bits per heavy atom. The summed E-state index contributed by atoms with van der Waals surface area (Å²) in [5, 5.41) is 0.190. The summed E-state index contributed by atoms with van der Waals surface area (Å²) >= 11 is 1.39. The van der Waals surface area contributed by atoms with E-state index >= 15 is 0 Å². The van der Waals surface area contributed by atoms with Gasteiger partial charge < -0.3 is 0 Å². The Morgan fingerprint density at radius 2 is 1.20 bits per heavy atom. The lowest BCUT2D eigenvalue weighted by Gasteiger charge is -2.05. The molecule has 0 fully saturated rings. The maximum atomic E-state index is 11.9. The molecule has 0 aliphatic carbocycles. The van der Waals surface area contributed by atoms with E-state index < -0.39 is 12.6 Å². The number of thioether (sulfide) groups is 1. The molecule has 0 aliphatic heterocycles. The second-order valence-electron chi connectivity index (χ2n) is 5.24. The first kappa shape index (κ1) is 19.8. The fraction of sp³-hybridized carbons (Fsp3) is 0.933. The van der Waals surface area contributed by atoms with Gasteiger partial charge in [-0.3, -0.25) is 4.79 Å². The van der Waals surface area contributed by atoms with Crippen LogP contribution in [0.1, 0.15) is 77.6 Å². The van der Waals surface area contributed by atoms with E-state index in [0.29, 0.717) is 6.42 Å². The van der Waals surface area contributed by atoms with Gasteiger partial charge in [0.2, 0.25) is 0 Å². The topological polar surface area (TPSA) is 17.1 Å². The Morgan fingerprint density at radius 3 is 1.60 bits per heavy atom. The number of halogens is 3. The molecule has 0 radical (unpaired) electrons. The van der Waals surface area contributed by atoms with Gasteiger partial charge in [-0.2, -0.15) is 13.2 Å². The standard InChI is InChI=1S/C15H27F3OS/c1-14(19)20-13-11-9-7-5-3-2-4-6-8-10-12-15(16,17)18/h2-13H2,1H3. The van der Waals surface area contributed by atoms with Crippen molar-refractivity contribution in [2.24, 2.45) is 0 Å². The van der Waals surface area contributed by atoms with Crippen LogP contribution >= 0.6 is 11.8 Å². The van der Waals surface area contributed by atoms with E-state index in [9.17, 15) is 18.0 Å². The maximum Gasteiger partial charge on any atom is 0.389 e. The van der Waals surface area contributed by atoms with E-state index in [2.05, 4.69) is 0 Å². The first-order valence-corrected chi connectivity index (χ1v) is 8.60. The van der Waals surface area contributed by atoms with Crippen molar-refractivity contribution in [1.29, 1.82) is 0 Å². The molecule has 0 spiro atoms. The lowest BCUT2D eigenvalue weighted by atomic mass is 10.1. The maximum absolute atomic E-state index is 11.9. The summed E-state index contributed by atoms with van der Waals surface area (Å²) in [6.07, 6.45) is 5.31. The van der Waals surface area contributed by atoms with E-state index in [1.165, 1.54) is 37.4 Å². The number of unbranched alkanes of at least 4 members (excludes halogenated alkanes) is 9. The van der Waals surface area contributed by atoms with Gasteiger partial charge in [-0.1, -0.05) is 63.1 Å². The Labute approximate surface area is 125 Å². The number of rotatable bonds is 12. The molecule has 0 N–H and O–H groups in total. The van der Waals surface area contributed by atoms with Crippen molar-refractivity contribution < 1.29 is 18.0 Å². The van der Waals surface area contributed by atoms with Crippen LogP contribution in [0.25, 0.3) is 0 Å². The molecule has 0 bridgehead atoms. The van der Waals surface area contributed by atoms with Gasteiger partial charge in [0.05, 0.1) is 0 Å². The van der Waals surface area contributed by atoms with Gasteiger partial charge in [-0.05, 0) is 12.8 Å². The molecule has 20 heavy (non-hydrogen) atoms. The molecule has 0 aromatic heterocycles. The number of carbonyl (C=O) groups excluding carboxylic acids is 1. The van der Waals surface area contributed by atoms with Gasteiger partial charge in [0, 0.05) is 19.1 Å². The summed E-state index contributed by atoms with van der Waals surface area (Å²) in [6, 6.07) is 0. The molecule has 0 aliphatic rings. The zero-order valence-corrected chi connectivity index (χ0v) is 13.3. The normalized spacial score (nSPS) is 11.8. The predicted octanol–water partition coefficient (Wildman–Crippen LogP) is 6.12. The molecule has 0 aromatic carbocycles. The van der Waals surface area contributed by atoms with Crippen molar-refractivity contribution in [3.63, 3.8) is 0 Å². The molecule has 0 amide bonds. The van der Waals surface area contributed by atoms with E-state index in [1.807, 2.05) is 0 Å². The van der Waals surface area contributed by atoms with Gasteiger partial charge in [0.25, 0.3) is 0 Å². The van der Waals surface area contributed by atoms with Gasteiger partial charge in [0.1, 0.15) is 0 Å². The van der Waals surface area contributed by atoms with Crippen molar-refractivity contribution in [1.82, 2.24) is 0 Å². The van der Waals surface area contributed by atoms with Crippen LogP contribution in [0.4, 0.5) is 13.2 Å². The summed E-state index contributed by atoms with van der Waals surface area (Å²) < 4.78 is 35.6. The minimum absolute atomic E-state index is 0.190. The molecule has 0 saturated carbocycles. The lowest BCUT2D eigenvalue weighted by Crippen LogP contribution is -2.06. The van der Waals surface area contributed by atoms with Crippen LogP contribution in [0.2, 0.25) is 0 Å². The van der Waals surface area contributed by atoms with Gasteiger partial charge in [-0.15, -0.1) is 0 Å². The van der Waals surface area contributed by atoms with Crippen molar-refractivity contribution in [3.05, 3.63) is 0 Å². The Hall–Kier alpha value is -0.190. The van der Waals surface area contributed by atoms with Crippen molar-refractivity contribution in [2.75, 3.05) is 5.75 Å². The van der Waals surface area contributed by atoms with Crippen LogP contribution in [0.5, 0.6) is 0 Å². The first-order chi connectivity index (χ1) is 9.42. The molecular weight excluding hydrogens is 285 g/mol. The van der Waals surface area contributed by atoms with Crippen LogP contribution in [0.15, 0.2) is 0 Å². The van der Waals surface area contributed by atoms with E-state index in [1.54, 1.807) is 6.92 Å². The van der Waals surface area contributed by atoms with Crippen molar-refractivity contribution >= 4 is 16.9 Å². The highest BCUT2D eigenvalue weighted by atomic mass is 32.2. The lowest BCUT2D eigenvalue weighted by molar-refractivity contribution is -0.135.